The Morgan fingerprint density at radius 3 is 1.68 bits per heavy atom. The van der Waals surface area contributed by atoms with Crippen molar-refractivity contribution in [3.8, 4) is 23.0 Å². The molecular formula is C27H40O4. The molecule has 0 aliphatic carbocycles. The van der Waals surface area contributed by atoms with Gasteiger partial charge in [-0.25, -0.2) is 0 Å². The molecule has 4 nitrogen and oxygen atoms in total. The van der Waals surface area contributed by atoms with E-state index in [9.17, 15) is 10.2 Å². The molecule has 0 aromatic heterocycles. The van der Waals surface area contributed by atoms with Crippen LogP contribution in [0.25, 0.3) is 0 Å². The second kappa shape index (κ2) is 12.5. The van der Waals surface area contributed by atoms with Crippen LogP contribution in [0.4, 0.5) is 0 Å². The van der Waals surface area contributed by atoms with Gasteiger partial charge >= 0.3 is 0 Å². The van der Waals surface area contributed by atoms with Crippen LogP contribution >= 0.6 is 0 Å². The second-order valence-electron chi connectivity index (χ2n) is 8.80. The average molecular weight is 429 g/mol. The third-order valence-electron chi connectivity index (χ3n) is 6.30. The van der Waals surface area contributed by atoms with E-state index >= 15 is 0 Å². The van der Waals surface area contributed by atoms with Gasteiger partial charge in [0.15, 0.2) is 23.0 Å². The topological polar surface area (TPSA) is 58.9 Å². The number of methoxy groups -OCH3 is 2. The van der Waals surface area contributed by atoms with Crippen LogP contribution in [-0.2, 0) is 0 Å². The Bertz CT molecular complexity index is 746. The lowest BCUT2D eigenvalue weighted by Crippen LogP contribution is -2.20. The summed E-state index contributed by atoms with van der Waals surface area (Å²) in [6, 6.07) is 11.3. The Hall–Kier alpha value is -2.36. The Balaban J connectivity index is 2.39. The number of unbranched alkanes of at least 4 members (excludes halogenated alkanes) is 5. The van der Waals surface area contributed by atoms with Gasteiger partial charge in [-0.1, -0.05) is 71.4 Å². The van der Waals surface area contributed by atoms with Gasteiger partial charge in [-0.05, 0) is 53.6 Å². The maximum atomic E-state index is 10.1. The SMILES string of the molecule is CCCCCCCC[C@H](C(C)C)C(c1ccc(O)c(OC)c1)c1ccc(O)c(OC)c1. The zero-order chi connectivity index (χ0) is 22.8. The van der Waals surface area contributed by atoms with Crippen molar-refractivity contribution in [2.45, 2.75) is 71.6 Å². The summed E-state index contributed by atoms with van der Waals surface area (Å²) in [5.41, 5.74) is 2.21. The highest BCUT2D eigenvalue weighted by Crippen LogP contribution is 2.43. The van der Waals surface area contributed by atoms with Gasteiger partial charge in [-0.3, -0.25) is 0 Å². The fraction of sp³-hybridized carbons (Fsp3) is 0.556. The standard InChI is InChI=1S/C27H40O4/c1-6-7-8-9-10-11-12-22(19(2)3)27(20-13-15-23(28)25(17-20)30-4)21-14-16-24(29)26(18-21)31-5/h13-19,22,27-29H,6-12H2,1-5H3/t22-/m1/s1. The first-order valence-corrected chi connectivity index (χ1v) is 11.7. The molecule has 2 rings (SSSR count). The normalized spacial score (nSPS) is 12.4. The number of hydrogen-bond acceptors (Lipinski definition) is 4. The van der Waals surface area contributed by atoms with Crippen LogP contribution in [0, 0.1) is 11.8 Å². The third kappa shape index (κ3) is 6.81. The van der Waals surface area contributed by atoms with Crippen molar-refractivity contribution in [2.75, 3.05) is 14.2 Å². The highest BCUT2D eigenvalue weighted by Gasteiger charge is 2.29. The average Bonchev–Trinajstić information content (AvgIpc) is 2.76. The van der Waals surface area contributed by atoms with Crippen LogP contribution in [-0.4, -0.2) is 24.4 Å². The number of phenolic OH excluding ortho intramolecular Hbond substituents is 2. The first-order valence-electron chi connectivity index (χ1n) is 11.7. The molecule has 0 radical (unpaired) electrons. The highest BCUT2D eigenvalue weighted by molar-refractivity contribution is 5.49. The fourth-order valence-electron chi connectivity index (χ4n) is 4.51. The number of rotatable bonds is 13. The summed E-state index contributed by atoms with van der Waals surface area (Å²) in [5, 5.41) is 20.2. The molecule has 0 spiro atoms. The van der Waals surface area contributed by atoms with Gasteiger partial charge in [0.05, 0.1) is 14.2 Å². The van der Waals surface area contributed by atoms with Gasteiger partial charge in [0.1, 0.15) is 0 Å². The van der Waals surface area contributed by atoms with Crippen molar-refractivity contribution in [2.24, 2.45) is 11.8 Å². The van der Waals surface area contributed by atoms with Crippen molar-refractivity contribution in [3.63, 3.8) is 0 Å². The monoisotopic (exact) mass is 428 g/mol. The number of aromatic hydroxyl groups is 2. The van der Waals surface area contributed by atoms with E-state index < -0.39 is 0 Å². The van der Waals surface area contributed by atoms with Crippen LogP contribution in [0.1, 0.15) is 82.8 Å². The smallest absolute Gasteiger partial charge is 0.160 e. The Labute approximate surface area is 188 Å². The van der Waals surface area contributed by atoms with Gasteiger partial charge in [-0.15, -0.1) is 0 Å². The molecule has 2 aromatic carbocycles. The molecule has 31 heavy (non-hydrogen) atoms. The van der Waals surface area contributed by atoms with Crippen molar-refractivity contribution >= 4 is 0 Å². The van der Waals surface area contributed by atoms with Crippen LogP contribution in [0.3, 0.4) is 0 Å². The predicted molar refractivity (Wildman–Crippen MR) is 127 cm³/mol. The molecule has 4 heteroatoms. The molecule has 0 aliphatic heterocycles. The molecule has 0 bridgehead atoms. The van der Waals surface area contributed by atoms with Crippen LogP contribution in [0.5, 0.6) is 23.0 Å². The molecule has 1 atom stereocenters. The molecule has 0 saturated heterocycles. The van der Waals surface area contributed by atoms with Crippen LogP contribution in [0.15, 0.2) is 36.4 Å². The van der Waals surface area contributed by atoms with E-state index in [0.717, 1.165) is 17.5 Å². The lowest BCUT2D eigenvalue weighted by Gasteiger charge is -2.32. The van der Waals surface area contributed by atoms with Gasteiger partial charge in [0, 0.05) is 5.92 Å². The molecular weight excluding hydrogens is 388 g/mol. The first-order chi connectivity index (χ1) is 14.9. The van der Waals surface area contributed by atoms with Crippen LogP contribution < -0.4 is 9.47 Å². The third-order valence-corrected chi connectivity index (χ3v) is 6.30. The Kier molecular flexibility index (Phi) is 10.0. The Morgan fingerprint density at radius 2 is 1.23 bits per heavy atom. The minimum absolute atomic E-state index is 0.111. The van der Waals surface area contributed by atoms with Gasteiger partial charge in [0.25, 0.3) is 0 Å². The summed E-state index contributed by atoms with van der Waals surface area (Å²) in [7, 11) is 3.15. The zero-order valence-corrected chi connectivity index (χ0v) is 19.9. The maximum Gasteiger partial charge on any atom is 0.160 e. The summed E-state index contributed by atoms with van der Waals surface area (Å²) in [6.45, 7) is 6.81. The molecule has 172 valence electrons. The second-order valence-corrected chi connectivity index (χ2v) is 8.80. The number of phenols is 2. The van der Waals surface area contributed by atoms with Crippen molar-refractivity contribution < 1.29 is 19.7 Å². The van der Waals surface area contributed by atoms with E-state index in [1.54, 1.807) is 26.4 Å². The van der Waals surface area contributed by atoms with Crippen molar-refractivity contribution in [1.29, 1.82) is 0 Å². The van der Waals surface area contributed by atoms with Crippen LogP contribution in [0.2, 0.25) is 0 Å². The summed E-state index contributed by atoms with van der Waals surface area (Å²) >= 11 is 0. The molecule has 0 unspecified atom stereocenters. The number of benzene rings is 2. The first kappa shape index (κ1) is 24.9. The molecule has 0 saturated carbocycles. The van der Waals surface area contributed by atoms with E-state index in [4.69, 9.17) is 9.47 Å². The van der Waals surface area contributed by atoms with E-state index in [0.29, 0.717) is 23.3 Å². The van der Waals surface area contributed by atoms with Gasteiger partial charge in [-0.2, -0.15) is 0 Å². The fourth-order valence-corrected chi connectivity index (χ4v) is 4.51. The number of ether oxygens (including phenoxy) is 2. The molecule has 0 amide bonds. The Morgan fingerprint density at radius 1 is 0.742 bits per heavy atom. The summed E-state index contributed by atoms with van der Waals surface area (Å²) in [6.07, 6.45) is 8.78. The molecule has 0 fully saturated rings. The minimum Gasteiger partial charge on any atom is -0.504 e. The molecule has 0 aliphatic rings. The summed E-state index contributed by atoms with van der Waals surface area (Å²) in [4.78, 5) is 0. The van der Waals surface area contributed by atoms with E-state index in [-0.39, 0.29) is 17.4 Å². The lowest BCUT2D eigenvalue weighted by atomic mass is 9.73. The lowest BCUT2D eigenvalue weighted by molar-refractivity contribution is 0.309. The van der Waals surface area contributed by atoms with Crippen molar-refractivity contribution in [3.05, 3.63) is 47.5 Å². The summed E-state index contributed by atoms with van der Waals surface area (Å²) in [5.74, 6) is 2.25. The van der Waals surface area contributed by atoms with Gasteiger partial charge in [0.2, 0.25) is 0 Å². The van der Waals surface area contributed by atoms with E-state index in [1.165, 1.54) is 38.5 Å². The van der Waals surface area contributed by atoms with Gasteiger partial charge < -0.3 is 19.7 Å². The zero-order valence-electron chi connectivity index (χ0n) is 19.9. The molecule has 2 N–H and O–H groups in total. The number of hydrogen-bond donors (Lipinski definition) is 2. The quantitative estimate of drug-likeness (QED) is 0.329. The minimum atomic E-state index is 0.111. The maximum absolute atomic E-state index is 10.1. The van der Waals surface area contributed by atoms with E-state index in [2.05, 4.69) is 20.8 Å². The predicted octanol–water partition coefficient (Wildman–Crippen LogP) is 7.27. The van der Waals surface area contributed by atoms with Crippen molar-refractivity contribution in [1.82, 2.24) is 0 Å². The highest BCUT2D eigenvalue weighted by atomic mass is 16.5. The summed E-state index contributed by atoms with van der Waals surface area (Å²) < 4.78 is 10.8. The largest absolute Gasteiger partial charge is 0.504 e. The molecule has 2 aromatic rings. The van der Waals surface area contributed by atoms with E-state index in [1.807, 2.05) is 24.3 Å². The molecule has 0 heterocycles.